The molecule has 0 saturated carbocycles. The minimum Gasteiger partial charge on any atom is -0.397 e. The van der Waals surface area contributed by atoms with E-state index in [1.54, 1.807) is 67.6 Å². The molecule has 0 spiro atoms. The highest BCUT2D eigenvalue weighted by atomic mass is 32.2. The molecular weight excluding hydrogens is 664 g/mol. The first-order valence-corrected chi connectivity index (χ1v) is 16.1. The first-order chi connectivity index (χ1) is 23.8. The molecule has 0 saturated heterocycles. The van der Waals surface area contributed by atoms with Crippen LogP contribution in [-0.4, -0.2) is 45.4 Å². The fourth-order valence-corrected chi connectivity index (χ4v) is 5.81. The summed E-state index contributed by atoms with van der Waals surface area (Å²) in [7, 11) is -4.90. The van der Waals surface area contributed by atoms with Gasteiger partial charge in [-0.2, -0.15) is 23.4 Å². The van der Waals surface area contributed by atoms with Gasteiger partial charge in [0.05, 0.1) is 22.5 Å². The summed E-state index contributed by atoms with van der Waals surface area (Å²) in [6.45, 7) is 5.22. The summed E-state index contributed by atoms with van der Waals surface area (Å²) in [4.78, 5) is 51.3. The smallest absolute Gasteiger partial charge is 0.296 e. The Hall–Kier alpha value is -6.69. The molecule has 0 unspecified atom stereocenters. The maximum absolute atomic E-state index is 13.7. The molecule has 252 valence electrons. The normalized spacial score (nSPS) is 12.0. The van der Waals surface area contributed by atoms with Crippen molar-refractivity contribution < 1.29 is 27.4 Å². The van der Waals surface area contributed by atoms with Crippen LogP contribution < -0.4 is 38.3 Å². The van der Waals surface area contributed by atoms with Crippen molar-refractivity contribution in [3.05, 3.63) is 113 Å². The molecule has 10 N–H and O–H groups in total. The predicted molar refractivity (Wildman–Crippen MR) is 188 cm³/mol. The van der Waals surface area contributed by atoms with Crippen molar-refractivity contribution in [1.82, 2.24) is 15.0 Å². The number of aromatic nitrogens is 3. The van der Waals surface area contributed by atoms with E-state index in [0.717, 1.165) is 6.07 Å². The van der Waals surface area contributed by atoms with Gasteiger partial charge < -0.3 is 27.0 Å². The predicted octanol–water partition coefficient (Wildman–Crippen LogP) is 4.51. The zero-order valence-electron chi connectivity index (χ0n) is 26.1. The van der Waals surface area contributed by atoms with Crippen LogP contribution in [0.25, 0.3) is 0 Å². The second-order valence-electron chi connectivity index (χ2n) is 11.0. The van der Waals surface area contributed by atoms with Crippen molar-refractivity contribution in [3.63, 3.8) is 0 Å². The molecule has 0 fully saturated rings. The van der Waals surface area contributed by atoms with Crippen LogP contribution in [0.5, 0.6) is 0 Å². The average Bonchev–Trinajstić information content (AvgIpc) is 3.07. The number of carbonyl (C=O) groups excluding carboxylic acids is 3. The molecule has 50 heavy (non-hydrogen) atoms. The summed E-state index contributed by atoms with van der Waals surface area (Å²) in [5, 5.41) is 11.8. The average molecular weight is 693 g/mol. The van der Waals surface area contributed by atoms with Gasteiger partial charge in [0, 0.05) is 39.4 Å². The first kappa shape index (κ1) is 33.2. The topological polar surface area (TPSA) is 256 Å². The molecule has 17 heteroatoms. The van der Waals surface area contributed by atoms with Gasteiger partial charge in [0.2, 0.25) is 17.8 Å². The Morgan fingerprint density at radius 1 is 0.740 bits per heavy atom. The number of nitrogens with two attached hydrogens (primary N) is 2. The van der Waals surface area contributed by atoms with Crippen LogP contribution in [0.3, 0.4) is 0 Å². The minimum absolute atomic E-state index is 0.0146. The number of nitrogens with zero attached hydrogens (tertiary/aromatic N) is 3. The third-order valence-corrected chi connectivity index (χ3v) is 8.30. The zero-order chi connectivity index (χ0) is 35.7. The van der Waals surface area contributed by atoms with Gasteiger partial charge in [-0.1, -0.05) is 43.0 Å². The molecule has 1 aromatic heterocycles. The highest BCUT2D eigenvalue weighted by Gasteiger charge is 2.36. The van der Waals surface area contributed by atoms with E-state index in [4.69, 9.17) is 11.6 Å². The van der Waals surface area contributed by atoms with E-state index in [2.05, 4.69) is 48.2 Å². The molecule has 0 bridgehead atoms. The van der Waals surface area contributed by atoms with E-state index in [0.29, 0.717) is 28.3 Å². The number of nitrogen functional groups attached to an aromatic ring is 2. The molecule has 1 heterocycles. The van der Waals surface area contributed by atoms with Crippen LogP contribution in [0.15, 0.2) is 95.9 Å². The SMILES string of the molecule is C=C(C)C(=O)Nc1cccc(Nc2nc(NN)nc(Nc3cccc(Nc4cc(S(=O)(=O)O)c(N)c5c4C(=O)c4ccccc4C5=O)c3)n2)c1. The number of nitrogens with one attached hydrogen (secondary N) is 5. The van der Waals surface area contributed by atoms with Crippen molar-refractivity contribution in [3.8, 4) is 0 Å². The molecule has 0 radical (unpaired) electrons. The lowest BCUT2D eigenvalue weighted by atomic mass is 9.82. The van der Waals surface area contributed by atoms with Gasteiger partial charge in [-0.25, -0.2) is 5.84 Å². The third kappa shape index (κ3) is 6.67. The highest BCUT2D eigenvalue weighted by Crippen LogP contribution is 2.40. The number of anilines is 9. The lowest BCUT2D eigenvalue weighted by molar-refractivity contribution is -0.112. The standard InChI is InChI=1S/C33H28N10O6S/c1-16(2)30(46)37-18-8-6-10-20(14-18)39-32-40-31(41-33(42-32)43-35)38-19-9-5-7-17(13-19)36-23-15-24(50(47,48)49)27(34)26-25(23)28(44)21-11-3-4-12-22(21)29(26)45/h3-15,36H,1,34-35H2,2H3,(H,37,46)(H,47,48,49)(H3,38,39,40,41,42,43). The Labute approximate surface area is 284 Å². The number of hydrogen-bond donors (Lipinski definition) is 8. The first-order valence-electron chi connectivity index (χ1n) is 14.7. The highest BCUT2D eigenvalue weighted by molar-refractivity contribution is 7.86. The summed E-state index contributed by atoms with van der Waals surface area (Å²) >= 11 is 0. The van der Waals surface area contributed by atoms with Crippen LogP contribution in [-0.2, 0) is 14.9 Å². The number of carbonyl (C=O) groups is 3. The Balaban J connectivity index is 1.31. The van der Waals surface area contributed by atoms with E-state index in [1.165, 1.54) is 12.1 Å². The second kappa shape index (κ2) is 13.1. The Kier molecular flexibility index (Phi) is 8.69. The minimum atomic E-state index is -4.90. The van der Waals surface area contributed by atoms with Crippen molar-refractivity contribution in [2.24, 2.45) is 5.84 Å². The number of hydrazine groups is 1. The molecule has 1 amide bonds. The summed E-state index contributed by atoms with van der Waals surface area (Å²) in [6, 6.07) is 20.5. The van der Waals surface area contributed by atoms with Crippen LogP contribution >= 0.6 is 0 Å². The molecule has 0 aliphatic heterocycles. The maximum atomic E-state index is 13.7. The fourth-order valence-electron chi connectivity index (χ4n) is 5.16. The van der Waals surface area contributed by atoms with Gasteiger partial charge in [-0.15, -0.1) is 0 Å². The monoisotopic (exact) mass is 692 g/mol. The number of fused-ring (bicyclic) bond motifs is 2. The molecule has 16 nitrogen and oxygen atoms in total. The summed E-state index contributed by atoms with van der Waals surface area (Å²) in [5.41, 5.74) is 9.73. The number of rotatable bonds is 10. The van der Waals surface area contributed by atoms with E-state index in [1.807, 2.05) is 0 Å². The molecule has 5 aromatic rings. The lowest BCUT2D eigenvalue weighted by Crippen LogP contribution is -2.25. The van der Waals surface area contributed by atoms with Gasteiger partial charge in [0.15, 0.2) is 11.6 Å². The maximum Gasteiger partial charge on any atom is 0.296 e. The quantitative estimate of drug-likeness (QED) is 0.0323. The zero-order valence-corrected chi connectivity index (χ0v) is 26.9. The number of ketones is 2. The van der Waals surface area contributed by atoms with Gasteiger partial charge in [-0.05, 0) is 49.4 Å². The van der Waals surface area contributed by atoms with Gasteiger partial charge in [0.25, 0.3) is 16.0 Å². The molecule has 0 atom stereocenters. The lowest BCUT2D eigenvalue weighted by Gasteiger charge is -2.23. The van der Waals surface area contributed by atoms with Gasteiger partial charge in [-0.3, -0.25) is 24.4 Å². The van der Waals surface area contributed by atoms with Crippen molar-refractivity contribution in [2.75, 3.05) is 32.4 Å². The Bertz CT molecular complexity index is 2360. The van der Waals surface area contributed by atoms with Gasteiger partial charge in [0.1, 0.15) is 4.90 Å². The molecular formula is C33H28N10O6S. The van der Waals surface area contributed by atoms with E-state index >= 15 is 0 Å². The van der Waals surface area contributed by atoms with E-state index < -0.39 is 32.3 Å². The fraction of sp³-hybridized carbons (Fsp3) is 0.0303. The van der Waals surface area contributed by atoms with Crippen LogP contribution in [0.2, 0.25) is 0 Å². The largest absolute Gasteiger partial charge is 0.397 e. The number of amides is 1. The van der Waals surface area contributed by atoms with Crippen molar-refractivity contribution >= 4 is 79.6 Å². The summed E-state index contributed by atoms with van der Waals surface area (Å²) in [6.07, 6.45) is 0. The van der Waals surface area contributed by atoms with Crippen molar-refractivity contribution in [1.29, 1.82) is 0 Å². The van der Waals surface area contributed by atoms with Gasteiger partial charge >= 0.3 is 0 Å². The Morgan fingerprint density at radius 3 is 1.78 bits per heavy atom. The number of hydrogen-bond acceptors (Lipinski definition) is 14. The van der Waals surface area contributed by atoms with E-state index in [-0.39, 0.29) is 51.7 Å². The van der Waals surface area contributed by atoms with Crippen LogP contribution in [0.1, 0.15) is 38.8 Å². The summed E-state index contributed by atoms with van der Waals surface area (Å²) < 4.78 is 34.5. The second-order valence-corrected chi connectivity index (χ2v) is 12.4. The number of benzene rings is 4. The Morgan fingerprint density at radius 2 is 1.24 bits per heavy atom. The van der Waals surface area contributed by atoms with Crippen LogP contribution in [0, 0.1) is 0 Å². The molecule has 4 aromatic carbocycles. The molecule has 6 rings (SSSR count). The van der Waals surface area contributed by atoms with Crippen molar-refractivity contribution in [2.45, 2.75) is 11.8 Å². The molecule has 1 aliphatic rings. The third-order valence-electron chi connectivity index (χ3n) is 7.40. The summed E-state index contributed by atoms with van der Waals surface area (Å²) in [5.74, 6) is 4.23. The van der Waals surface area contributed by atoms with Crippen LogP contribution in [0.4, 0.5) is 52.0 Å². The van der Waals surface area contributed by atoms with E-state index in [9.17, 15) is 27.4 Å². The molecule has 1 aliphatic carbocycles.